The molecule has 0 saturated carbocycles. The fourth-order valence-electron chi connectivity index (χ4n) is 0.308. The largest absolute Gasteiger partial charge is 3.00 e. The zero-order valence-electron chi connectivity index (χ0n) is 5.60. The van der Waals surface area contributed by atoms with Crippen molar-refractivity contribution >= 4 is 30.9 Å². The summed E-state index contributed by atoms with van der Waals surface area (Å²) in [4.78, 5) is 26.1. The standard InChI is InChI=1S/C3H8NO5P.Al/c5-3(6)1-4-2-10(7,8)9;/h4H,1-2H2,(H,5,6)(H2,7,8,9);/q;+3. The van der Waals surface area contributed by atoms with E-state index in [0.717, 1.165) is 0 Å². The van der Waals surface area contributed by atoms with Gasteiger partial charge in [-0.05, 0) is 0 Å². The summed E-state index contributed by atoms with van der Waals surface area (Å²) in [5.74, 6) is -1.14. The van der Waals surface area contributed by atoms with Crippen LogP contribution < -0.4 is 5.32 Å². The van der Waals surface area contributed by atoms with Gasteiger partial charge in [-0.25, -0.2) is 0 Å². The Kier molecular flexibility index (Phi) is 7.12. The molecule has 0 spiro atoms. The molecule has 0 rings (SSSR count). The third-order valence-electron chi connectivity index (χ3n) is 0.594. The summed E-state index contributed by atoms with van der Waals surface area (Å²) in [6.07, 6.45) is -0.598. The van der Waals surface area contributed by atoms with Crippen LogP contribution in [0.5, 0.6) is 0 Å². The number of carboxylic acids is 1. The molecule has 60 valence electrons. The van der Waals surface area contributed by atoms with Gasteiger partial charge in [0.1, 0.15) is 0 Å². The predicted molar refractivity (Wildman–Crippen MR) is 38.3 cm³/mol. The minimum absolute atomic E-state index is 0. The Bertz CT molecular complexity index is 167. The van der Waals surface area contributed by atoms with Crippen molar-refractivity contribution in [3.8, 4) is 0 Å². The molecule has 8 heteroatoms. The Hall–Kier alpha value is 0.112. The van der Waals surface area contributed by atoms with Crippen molar-refractivity contribution in [1.82, 2.24) is 5.32 Å². The fourth-order valence-corrected chi connectivity index (χ4v) is 0.712. The van der Waals surface area contributed by atoms with Crippen LogP contribution in [0.4, 0.5) is 0 Å². The van der Waals surface area contributed by atoms with Crippen molar-refractivity contribution in [3.05, 3.63) is 0 Å². The molecule has 0 heterocycles. The van der Waals surface area contributed by atoms with Crippen LogP contribution in [0.25, 0.3) is 0 Å². The molecule has 6 nitrogen and oxygen atoms in total. The number of rotatable bonds is 4. The maximum absolute atomic E-state index is 10.1. The van der Waals surface area contributed by atoms with Gasteiger partial charge in [-0.1, -0.05) is 0 Å². The number of carbonyl (C=O) groups is 1. The number of nitrogens with one attached hydrogen (secondary N) is 1. The second-order valence-electron chi connectivity index (χ2n) is 1.64. The number of hydrogen-bond acceptors (Lipinski definition) is 3. The van der Waals surface area contributed by atoms with Gasteiger partial charge in [-0.3, -0.25) is 14.7 Å². The second-order valence-corrected chi connectivity index (χ2v) is 3.29. The molecule has 0 radical (unpaired) electrons. The van der Waals surface area contributed by atoms with E-state index in [1.165, 1.54) is 0 Å². The molecule has 0 aromatic heterocycles. The Morgan fingerprint density at radius 2 is 1.91 bits per heavy atom. The van der Waals surface area contributed by atoms with Gasteiger partial charge in [-0.2, -0.15) is 0 Å². The monoisotopic (exact) mass is 196 g/mol. The van der Waals surface area contributed by atoms with E-state index < -0.39 is 26.4 Å². The molecule has 0 saturated heterocycles. The molecular formula is C3H8AlNO5P+3. The first kappa shape index (κ1) is 13.7. The quantitative estimate of drug-likeness (QED) is 0.319. The van der Waals surface area contributed by atoms with E-state index in [0.29, 0.717) is 0 Å². The number of carboxylic acid groups (broad SMARTS) is 1. The van der Waals surface area contributed by atoms with Crippen LogP contribution in [0.1, 0.15) is 0 Å². The van der Waals surface area contributed by atoms with Crippen molar-refractivity contribution in [2.24, 2.45) is 0 Å². The van der Waals surface area contributed by atoms with Gasteiger partial charge in [0.15, 0.2) is 0 Å². The Balaban J connectivity index is 0. The van der Waals surface area contributed by atoms with Crippen LogP contribution in [-0.2, 0) is 9.36 Å². The summed E-state index contributed by atoms with van der Waals surface area (Å²) < 4.78 is 10.1. The molecule has 0 aliphatic rings. The molecule has 0 atom stereocenters. The molecule has 0 unspecified atom stereocenters. The van der Waals surface area contributed by atoms with Crippen LogP contribution in [0.15, 0.2) is 0 Å². The smallest absolute Gasteiger partial charge is 0.480 e. The third kappa shape index (κ3) is 13.2. The maximum atomic E-state index is 10.1. The minimum Gasteiger partial charge on any atom is -0.480 e. The number of hydrogen-bond donors (Lipinski definition) is 4. The Morgan fingerprint density at radius 3 is 2.18 bits per heavy atom. The van der Waals surface area contributed by atoms with Crippen molar-refractivity contribution in [3.63, 3.8) is 0 Å². The first-order valence-corrected chi connectivity index (χ1v) is 4.18. The summed E-state index contributed by atoms with van der Waals surface area (Å²) in [6, 6.07) is 0. The van der Waals surface area contributed by atoms with E-state index in [-0.39, 0.29) is 17.4 Å². The summed E-state index contributed by atoms with van der Waals surface area (Å²) in [7, 11) is -4.10. The third-order valence-corrected chi connectivity index (χ3v) is 1.23. The zero-order valence-corrected chi connectivity index (χ0v) is 7.65. The predicted octanol–water partition coefficient (Wildman–Crippen LogP) is -1.58. The van der Waals surface area contributed by atoms with Crippen molar-refractivity contribution in [2.45, 2.75) is 0 Å². The van der Waals surface area contributed by atoms with Crippen LogP contribution in [0, 0.1) is 0 Å². The van der Waals surface area contributed by atoms with Crippen molar-refractivity contribution in [2.75, 3.05) is 12.8 Å². The van der Waals surface area contributed by atoms with Crippen LogP contribution >= 0.6 is 7.60 Å². The van der Waals surface area contributed by atoms with Crippen LogP contribution in [0.2, 0.25) is 0 Å². The molecular weight excluding hydrogens is 188 g/mol. The van der Waals surface area contributed by atoms with Crippen LogP contribution in [0.3, 0.4) is 0 Å². The summed E-state index contributed by atoms with van der Waals surface area (Å²) >= 11 is 0. The number of aliphatic carboxylic acids is 1. The van der Waals surface area contributed by atoms with E-state index in [1.54, 1.807) is 0 Å². The topological polar surface area (TPSA) is 107 Å². The molecule has 0 aliphatic carbocycles. The normalized spacial score (nSPS) is 10.4. The average Bonchev–Trinajstić information content (AvgIpc) is 1.59. The van der Waals surface area contributed by atoms with Gasteiger partial charge in [0.05, 0.1) is 12.8 Å². The first-order chi connectivity index (χ1) is 4.42. The van der Waals surface area contributed by atoms with Crippen LogP contribution in [-0.4, -0.2) is 51.1 Å². The molecule has 4 N–H and O–H groups in total. The van der Waals surface area contributed by atoms with Gasteiger partial charge >= 0.3 is 30.9 Å². The minimum atomic E-state index is -4.10. The van der Waals surface area contributed by atoms with Gasteiger partial charge in [-0.15, -0.1) is 0 Å². The summed E-state index contributed by atoms with van der Waals surface area (Å²) in [5, 5.41) is 10.1. The van der Waals surface area contributed by atoms with Crippen molar-refractivity contribution in [1.29, 1.82) is 0 Å². The van der Waals surface area contributed by atoms with Gasteiger partial charge < -0.3 is 14.9 Å². The average molecular weight is 196 g/mol. The molecule has 0 amide bonds. The molecule has 0 bridgehead atoms. The van der Waals surface area contributed by atoms with E-state index >= 15 is 0 Å². The maximum Gasteiger partial charge on any atom is 3.00 e. The SMILES string of the molecule is O=C(O)CNCP(=O)(O)O.[Al+3]. The van der Waals surface area contributed by atoms with Gasteiger partial charge in [0, 0.05) is 0 Å². The van der Waals surface area contributed by atoms with E-state index in [2.05, 4.69) is 5.32 Å². The Morgan fingerprint density at radius 1 is 1.45 bits per heavy atom. The van der Waals surface area contributed by atoms with Gasteiger partial charge in [0.25, 0.3) is 0 Å². The molecule has 0 aromatic rings. The molecule has 11 heavy (non-hydrogen) atoms. The zero-order chi connectivity index (χ0) is 8.20. The van der Waals surface area contributed by atoms with Gasteiger partial charge in [0.2, 0.25) is 0 Å². The fraction of sp³-hybridized carbons (Fsp3) is 0.667. The van der Waals surface area contributed by atoms with E-state index in [4.69, 9.17) is 14.9 Å². The van der Waals surface area contributed by atoms with Crippen molar-refractivity contribution < 1.29 is 24.3 Å². The van der Waals surface area contributed by atoms with E-state index in [1.807, 2.05) is 0 Å². The molecule has 0 aliphatic heterocycles. The first-order valence-electron chi connectivity index (χ1n) is 2.39. The van der Waals surface area contributed by atoms with E-state index in [9.17, 15) is 9.36 Å². The molecule has 0 fully saturated rings. The Labute approximate surface area is 73.9 Å². The second kappa shape index (κ2) is 5.72. The molecule has 0 aromatic carbocycles. The summed E-state index contributed by atoms with van der Waals surface area (Å²) in [5.41, 5.74) is 0. The summed E-state index contributed by atoms with van der Waals surface area (Å²) in [6.45, 7) is -0.439.